The Morgan fingerprint density at radius 3 is 2.63 bits per heavy atom. The molecule has 2 heterocycles. The summed E-state index contributed by atoms with van der Waals surface area (Å²) >= 11 is 0. The Kier molecular flexibility index (Phi) is 3.58. The Morgan fingerprint density at radius 2 is 1.84 bits per heavy atom. The van der Waals surface area contributed by atoms with E-state index in [-0.39, 0.29) is 0 Å². The summed E-state index contributed by atoms with van der Waals surface area (Å²) in [6.45, 7) is 3.00. The molecule has 4 nitrogen and oxygen atoms in total. The number of nitrogens with one attached hydrogen (secondary N) is 1. The molecule has 0 aliphatic carbocycles. The van der Waals surface area contributed by atoms with Crippen molar-refractivity contribution in [2.45, 2.75) is 19.4 Å². The van der Waals surface area contributed by atoms with E-state index < -0.39 is 0 Å². The Bertz CT molecular complexity index is 521. The smallest absolute Gasteiger partial charge is 0.134 e. The van der Waals surface area contributed by atoms with Gasteiger partial charge in [0.1, 0.15) is 18.0 Å². The van der Waals surface area contributed by atoms with Gasteiger partial charge in [-0.25, -0.2) is 9.97 Å². The van der Waals surface area contributed by atoms with Gasteiger partial charge in [0.25, 0.3) is 0 Å². The maximum atomic E-state index is 4.35. The standard InChI is InChI=1S/C15H18N4/c1-2-6-13(7-3-1)11-16-14-10-15(18-12-17-14)19-8-4-5-9-19/h1-3,6-7,10,12H,4-5,8-9,11H2,(H,16,17,18). The van der Waals surface area contributed by atoms with Crippen LogP contribution >= 0.6 is 0 Å². The van der Waals surface area contributed by atoms with E-state index >= 15 is 0 Å². The third-order valence-corrected chi connectivity index (χ3v) is 3.40. The molecule has 1 N–H and O–H groups in total. The van der Waals surface area contributed by atoms with E-state index in [0.29, 0.717) is 0 Å². The van der Waals surface area contributed by atoms with Crippen molar-refractivity contribution in [3.63, 3.8) is 0 Å². The molecule has 19 heavy (non-hydrogen) atoms. The summed E-state index contributed by atoms with van der Waals surface area (Å²) in [5.74, 6) is 1.92. The van der Waals surface area contributed by atoms with E-state index in [0.717, 1.165) is 31.3 Å². The van der Waals surface area contributed by atoms with Crippen molar-refractivity contribution in [1.29, 1.82) is 0 Å². The Labute approximate surface area is 113 Å². The average molecular weight is 254 g/mol. The molecule has 0 saturated carbocycles. The molecule has 1 saturated heterocycles. The summed E-state index contributed by atoms with van der Waals surface area (Å²) in [4.78, 5) is 10.9. The highest BCUT2D eigenvalue weighted by molar-refractivity contribution is 5.49. The predicted molar refractivity (Wildman–Crippen MR) is 77.2 cm³/mol. The first-order chi connectivity index (χ1) is 9.42. The number of hydrogen-bond donors (Lipinski definition) is 1. The minimum atomic E-state index is 0.789. The van der Waals surface area contributed by atoms with Gasteiger partial charge in [0.15, 0.2) is 0 Å². The van der Waals surface area contributed by atoms with Gasteiger partial charge in [-0.05, 0) is 18.4 Å². The van der Waals surface area contributed by atoms with Gasteiger partial charge >= 0.3 is 0 Å². The van der Waals surface area contributed by atoms with Gasteiger partial charge in [-0.1, -0.05) is 30.3 Å². The highest BCUT2D eigenvalue weighted by Gasteiger charge is 2.13. The lowest BCUT2D eigenvalue weighted by Gasteiger charge is -2.16. The van der Waals surface area contributed by atoms with Crippen LogP contribution in [-0.2, 0) is 6.54 Å². The first kappa shape index (κ1) is 12.0. The van der Waals surface area contributed by atoms with Crippen LogP contribution in [0, 0.1) is 0 Å². The molecule has 0 unspecified atom stereocenters. The second kappa shape index (κ2) is 5.69. The second-order valence-corrected chi connectivity index (χ2v) is 4.79. The first-order valence-corrected chi connectivity index (χ1v) is 6.76. The van der Waals surface area contributed by atoms with Crippen molar-refractivity contribution in [2.75, 3.05) is 23.3 Å². The number of hydrogen-bond acceptors (Lipinski definition) is 4. The zero-order valence-corrected chi connectivity index (χ0v) is 10.9. The summed E-state index contributed by atoms with van der Waals surface area (Å²) in [7, 11) is 0. The summed E-state index contributed by atoms with van der Waals surface area (Å²) in [6.07, 6.45) is 4.16. The molecule has 1 fully saturated rings. The number of aromatic nitrogens is 2. The van der Waals surface area contributed by atoms with Crippen molar-refractivity contribution < 1.29 is 0 Å². The fourth-order valence-corrected chi connectivity index (χ4v) is 2.35. The molecule has 1 aliphatic rings. The van der Waals surface area contributed by atoms with Gasteiger partial charge in [-0.15, -0.1) is 0 Å². The lowest BCUT2D eigenvalue weighted by molar-refractivity contribution is 0.925. The van der Waals surface area contributed by atoms with Gasteiger partial charge in [0, 0.05) is 25.7 Å². The highest BCUT2D eigenvalue weighted by Crippen LogP contribution is 2.19. The van der Waals surface area contributed by atoms with Crippen molar-refractivity contribution in [3.05, 3.63) is 48.3 Å². The molecule has 1 aromatic heterocycles. The number of anilines is 2. The van der Waals surface area contributed by atoms with Crippen LogP contribution < -0.4 is 10.2 Å². The average Bonchev–Trinajstić information content (AvgIpc) is 3.01. The third-order valence-electron chi connectivity index (χ3n) is 3.40. The third kappa shape index (κ3) is 3.02. The molecular weight excluding hydrogens is 236 g/mol. The number of rotatable bonds is 4. The van der Waals surface area contributed by atoms with Crippen molar-refractivity contribution in [1.82, 2.24) is 9.97 Å². The van der Waals surface area contributed by atoms with Crippen LogP contribution in [-0.4, -0.2) is 23.1 Å². The van der Waals surface area contributed by atoms with Crippen molar-refractivity contribution in [3.8, 4) is 0 Å². The van der Waals surface area contributed by atoms with Gasteiger partial charge in [-0.2, -0.15) is 0 Å². The van der Waals surface area contributed by atoms with E-state index in [1.807, 2.05) is 24.3 Å². The van der Waals surface area contributed by atoms with Gasteiger partial charge < -0.3 is 10.2 Å². The van der Waals surface area contributed by atoms with Crippen LogP contribution in [0.15, 0.2) is 42.7 Å². The van der Waals surface area contributed by atoms with Crippen LogP contribution in [0.25, 0.3) is 0 Å². The number of nitrogens with zero attached hydrogens (tertiary/aromatic N) is 3. The van der Waals surface area contributed by atoms with Crippen molar-refractivity contribution in [2.24, 2.45) is 0 Å². The first-order valence-electron chi connectivity index (χ1n) is 6.76. The molecule has 0 bridgehead atoms. The van der Waals surface area contributed by atoms with Gasteiger partial charge in [-0.3, -0.25) is 0 Å². The summed E-state index contributed by atoms with van der Waals surface area (Å²) in [6, 6.07) is 12.4. The van der Waals surface area contributed by atoms with Crippen LogP contribution in [0.1, 0.15) is 18.4 Å². The molecule has 0 radical (unpaired) electrons. The Balaban J connectivity index is 1.66. The zero-order chi connectivity index (χ0) is 12.9. The Morgan fingerprint density at radius 1 is 1.05 bits per heavy atom. The maximum Gasteiger partial charge on any atom is 0.134 e. The van der Waals surface area contributed by atoms with E-state index in [9.17, 15) is 0 Å². The van der Waals surface area contributed by atoms with E-state index in [1.165, 1.54) is 18.4 Å². The minimum Gasteiger partial charge on any atom is -0.366 e. The quantitative estimate of drug-likeness (QED) is 0.910. The topological polar surface area (TPSA) is 41.0 Å². The lowest BCUT2D eigenvalue weighted by atomic mass is 10.2. The predicted octanol–water partition coefficient (Wildman–Crippen LogP) is 2.69. The van der Waals surface area contributed by atoms with Crippen LogP contribution in [0.5, 0.6) is 0 Å². The normalized spacial score (nSPS) is 14.6. The maximum absolute atomic E-state index is 4.35. The lowest BCUT2D eigenvalue weighted by Crippen LogP contribution is -2.19. The fraction of sp³-hybridized carbons (Fsp3) is 0.333. The monoisotopic (exact) mass is 254 g/mol. The zero-order valence-electron chi connectivity index (χ0n) is 10.9. The molecule has 0 spiro atoms. The van der Waals surface area contributed by atoms with Crippen LogP contribution in [0.2, 0.25) is 0 Å². The fourth-order valence-electron chi connectivity index (χ4n) is 2.35. The molecule has 2 aromatic rings. The summed E-state index contributed by atoms with van der Waals surface area (Å²) in [5.41, 5.74) is 1.25. The summed E-state index contributed by atoms with van der Waals surface area (Å²) < 4.78 is 0. The van der Waals surface area contributed by atoms with Crippen molar-refractivity contribution >= 4 is 11.6 Å². The molecule has 1 aliphatic heterocycles. The molecule has 0 amide bonds. The van der Waals surface area contributed by atoms with Gasteiger partial charge in [0.05, 0.1) is 0 Å². The van der Waals surface area contributed by atoms with Crippen LogP contribution in [0.4, 0.5) is 11.6 Å². The molecule has 1 aromatic carbocycles. The SMILES string of the molecule is c1ccc(CNc2cc(N3CCCC3)ncn2)cc1. The Hall–Kier alpha value is -2.10. The molecule has 3 rings (SSSR count). The summed E-state index contributed by atoms with van der Waals surface area (Å²) in [5, 5.41) is 3.35. The van der Waals surface area contributed by atoms with Gasteiger partial charge in [0.2, 0.25) is 0 Å². The number of benzene rings is 1. The molecule has 98 valence electrons. The molecule has 4 heteroatoms. The highest BCUT2D eigenvalue weighted by atomic mass is 15.2. The van der Waals surface area contributed by atoms with E-state index in [2.05, 4.69) is 32.3 Å². The van der Waals surface area contributed by atoms with E-state index in [1.54, 1.807) is 6.33 Å². The largest absolute Gasteiger partial charge is 0.366 e. The van der Waals surface area contributed by atoms with E-state index in [4.69, 9.17) is 0 Å². The van der Waals surface area contributed by atoms with Crippen LogP contribution in [0.3, 0.4) is 0 Å². The second-order valence-electron chi connectivity index (χ2n) is 4.79. The molecule has 0 atom stereocenters. The minimum absolute atomic E-state index is 0.789. The molecular formula is C15H18N4.